The van der Waals surface area contributed by atoms with Crippen LogP contribution in [-0.4, -0.2) is 9.36 Å². The third kappa shape index (κ3) is 1.46. The van der Waals surface area contributed by atoms with Crippen LogP contribution in [0, 0.1) is 0 Å². The average Bonchev–Trinajstić information content (AvgIpc) is 2.51. The number of rotatable bonds is 2. The standard InChI is InChI=1S/C12H17N3O/c1-8(2)15-12(16)10-5-4-9(7-13)6-11(10)14(15)3/h4-6,8H,7,13H2,1-3H3. The summed E-state index contributed by atoms with van der Waals surface area (Å²) in [6.45, 7) is 4.51. The molecule has 4 nitrogen and oxygen atoms in total. The second kappa shape index (κ2) is 3.79. The molecule has 0 amide bonds. The molecule has 1 aromatic carbocycles. The predicted octanol–water partition coefficient (Wildman–Crippen LogP) is 1.38. The summed E-state index contributed by atoms with van der Waals surface area (Å²) >= 11 is 0. The minimum Gasteiger partial charge on any atom is -0.326 e. The Morgan fingerprint density at radius 2 is 2.06 bits per heavy atom. The third-order valence-electron chi connectivity index (χ3n) is 2.90. The molecule has 0 aliphatic rings. The van der Waals surface area contributed by atoms with Gasteiger partial charge in [-0.2, -0.15) is 0 Å². The van der Waals surface area contributed by atoms with E-state index in [1.165, 1.54) is 0 Å². The number of hydrogen-bond acceptors (Lipinski definition) is 2. The Hall–Kier alpha value is -1.55. The number of fused-ring (bicyclic) bond motifs is 1. The largest absolute Gasteiger partial charge is 0.326 e. The van der Waals surface area contributed by atoms with Crippen molar-refractivity contribution in [1.29, 1.82) is 0 Å². The van der Waals surface area contributed by atoms with Crippen LogP contribution in [0.5, 0.6) is 0 Å². The van der Waals surface area contributed by atoms with Gasteiger partial charge in [-0.15, -0.1) is 0 Å². The van der Waals surface area contributed by atoms with Gasteiger partial charge < -0.3 is 5.73 Å². The number of hydrogen-bond donors (Lipinski definition) is 1. The van der Waals surface area contributed by atoms with Gasteiger partial charge in [-0.25, -0.2) is 4.68 Å². The molecule has 86 valence electrons. The quantitative estimate of drug-likeness (QED) is 0.829. The molecule has 16 heavy (non-hydrogen) atoms. The maximum Gasteiger partial charge on any atom is 0.274 e. The van der Waals surface area contributed by atoms with Gasteiger partial charge in [-0.1, -0.05) is 6.07 Å². The number of nitrogens with two attached hydrogens (primary N) is 1. The summed E-state index contributed by atoms with van der Waals surface area (Å²) in [5.41, 5.74) is 7.66. The van der Waals surface area contributed by atoms with Gasteiger partial charge in [-0.05, 0) is 31.5 Å². The van der Waals surface area contributed by atoms with E-state index >= 15 is 0 Å². The highest BCUT2D eigenvalue weighted by atomic mass is 16.1. The summed E-state index contributed by atoms with van der Waals surface area (Å²) in [5, 5.41) is 0.758. The highest BCUT2D eigenvalue weighted by Gasteiger charge is 2.12. The monoisotopic (exact) mass is 219 g/mol. The SMILES string of the molecule is CC(C)n1c(=O)c2ccc(CN)cc2n1C. The van der Waals surface area contributed by atoms with Gasteiger partial charge in [-0.3, -0.25) is 9.48 Å². The molecule has 0 spiro atoms. The number of aryl methyl sites for hydroxylation is 1. The summed E-state index contributed by atoms with van der Waals surface area (Å²) in [7, 11) is 1.91. The molecule has 2 rings (SSSR count). The molecule has 0 radical (unpaired) electrons. The van der Waals surface area contributed by atoms with Crippen LogP contribution in [0.25, 0.3) is 10.9 Å². The Balaban J connectivity index is 2.83. The van der Waals surface area contributed by atoms with Crippen molar-refractivity contribution in [3.05, 3.63) is 34.1 Å². The minimum absolute atomic E-state index is 0.0658. The van der Waals surface area contributed by atoms with E-state index in [1.54, 1.807) is 4.68 Å². The lowest BCUT2D eigenvalue weighted by molar-refractivity contribution is 0.447. The van der Waals surface area contributed by atoms with Gasteiger partial charge in [0.05, 0.1) is 10.9 Å². The third-order valence-corrected chi connectivity index (χ3v) is 2.90. The Bertz CT molecular complexity index is 578. The first kappa shape index (κ1) is 11.0. The summed E-state index contributed by atoms with van der Waals surface area (Å²) in [5.74, 6) is 0. The van der Waals surface area contributed by atoms with Crippen LogP contribution in [0.15, 0.2) is 23.0 Å². The van der Waals surface area contributed by atoms with Crippen molar-refractivity contribution in [2.45, 2.75) is 26.4 Å². The first-order valence-corrected chi connectivity index (χ1v) is 5.46. The lowest BCUT2D eigenvalue weighted by Crippen LogP contribution is -2.23. The molecule has 2 aromatic rings. The normalized spacial score (nSPS) is 11.6. The first-order valence-electron chi connectivity index (χ1n) is 5.46. The van der Waals surface area contributed by atoms with Gasteiger partial charge in [0.15, 0.2) is 0 Å². The van der Waals surface area contributed by atoms with E-state index in [9.17, 15) is 4.79 Å². The number of benzene rings is 1. The van der Waals surface area contributed by atoms with Crippen LogP contribution < -0.4 is 11.3 Å². The van der Waals surface area contributed by atoms with E-state index in [4.69, 9.17) is 5.73 Å². The summed E-state index contributed by atoms with van der Waals surface area (Å²) in [4.78, 5) is 12.1. The van der Waals surface area contributed by atoms with Crippen LogP contribution in [0.2, 0.25) is 0 Å². The molecule has 0 aliphatic carbocycles. The molecule has 0 unspecified atom stereocenters. The van der Waals surface area contributed by atoms with E-state index in [0.717, 1.165) is 16.5 Å². The summed E-state index contributed by atoms with van der Waals surface area (Å²) in [6, 6.07) is 5.91. The van der Waals surface area contributed by atoms with E-state index in [1.807, 2.05) is 43.8 Å². The van der Waals surface area contributed by atoms with Crippen molar-refractivity contribution in [1.82, 2.24) is 9.36 Å². The average molecular weight is 219 g/mol. The lowest BCUT2D eigenvalue weighted by atomic mass is 10.1. The molecule has 2 N–H and O–H groups in total. The topological polar surface area (TPSA) is 52.9 Å². The summed E-state index contributed by atoms with van der Waals surface area (Å²) in [6.07, 6.45) is 0. The zero-order valence-electron chi connectivity index (χ0n) is 9.90. The molecule has 0 fully saturated rings. The number of aromatic nitrogens is 2. The van der Waals surface area contributed by atoms with Crippen molar-refractivity contribution in [3.8, 4) is 0 Å². The highest BCUT2D eigenvalue weighted by Crippen LogP contribution is 2.15. The molecule has 4 heteroatoms. The Morgan fingerprint density at radius 3 is 2.62 bits per heavy atom. The number of nitrogens with zero attached hydrogens (tertiary/aromatic N) is 2. The van der Waals surface area contributed by atoms with Crippen LogP contribution in [0.1, 0.15) is 25.5 Å². The Labute approximate surface area is 94.3 Å². The Kier molecular flexibility index (Phi) is 2.59. The van der Waals surface area contributed by atoms with Crippen LogP contribution in [0.4, 0.5) is 0 Å². The molecule has 0 aliphatic heterocycles. The second-order valence-electron chi connectivity index (χ2n) is 4.32. The molecule has 1 heterocycles. The molecule has 0 bridgehead atoms. The Morgan fingerprint density at radius 1 is 1.38 bits per heavy atom. The van der Waals surface area contributed by atoms with E-state index in [-0.39, 0.29) is 11.6 Å². The fourth-order valence-electron chi connectivity index (χ4n) is 2.11. The zero-order valence-corrected chi connectivity index (χ0v) is 9.90. The van der Waals surface area contributed by atoms with Gasteiger partial charge in [0.2, 0.25) is 0 Å². The second-order valence-corrected chi connectivity index (χ2v) is 4.32. The van der Waals surface area contributed by atoms with Gasteiger partial charge in [0.1, 0.15) is 0 Å². The lowest BCUT2D eigenvalue weighted by Gasteiger charge is -2.10. The molecular weight excluding hydrogens is 202 g/mol. The van der Waals surface area contributed by atoms with E-state index < -0.39 is 0 Å². The minimum atomic E-state index is 0.0658. The van der Waals surface area contributed by atoms with Crippen LogP contribution in [-0.2, 0) is 13.6 Å². The maximum atomic E-state index is 12.1. The van der Waals surface area contributed by atoms with Crippen LogP contribution in [0.3, 0.4) is 0 Å². The molecule has 1 aromatic heterocycles. The van der Waals surface area contributed by atoms with Crippen molar-refractivity contribution in [3.63, 3.8) is 0 Å². The van der Waals surface area contributed by atoms with E-state index in [0.29, 0.717) is 6.54 Å². The fourth-order valence-corrected chi connectivity index (χ4v) is 2.11. The van der Waals surface area contributed by atoms with Gasteiger partial charge in [0, 0.05) is 19.6 Å². The van der Waals surface area contributed by atoms with Crippen molar-refractivity contribution >= 4 is 10.9 Å². The fraction of sp³-hybridized carbons (Fsp3) is 0.417. The van der Waals surface area contributed by atoms with Gasteiger partial charge in [0.25, 0.3) is 5.56 Å². The smallest absolute Gasteiger partial charge is 0.274 e. The van der Waals surface area contributed by atoms with Crippen molar-refractivity contribution < 1.29 is 0 Å². The van der Waals surface area contributed by atoms with Crippen molar-refractivity contribution in [2.75, 3.05) is 0 Å². The summed E-state index contributed by atoms with van der Waals surface area (Å²) < 4.78 is 3.66. The molecular formula is C12H17N3O. The predicted molar refractivity (Wildman–Crippen MR) is 65.5 cm³/mol. The molecule has 0 atom stereocenters. The highest BCUT2D eigenvalue weighted by molar-refractivity contribution is 5.79. The first-order chi connectivity index (χ1) is 7.56. The van der Waals surface area contributed by atoms with Crippen LogP contribution >= 0.6 is 0 Å². The molecule has 0 saturated carbocycles. The van der Waals surface area contributed by atoms with Gasteiger partial charge >= 0.3 is 0 Å². The van der Waals surface area contributed by atoms with E-state index in [2.05, 4.69) is 0 Å². The zero-order chi connectivity index (χ0) is 11.9. The molecule has 0 saturated heterocycles. The van der Waals surface area contributed by atoms with Crippen molar-refractivity contribution in [2.24, 2.45) is 12.8 Å². The maximum absolute atomic E-state index is 12.1.